The molecule has 0 bridgehead atoms. The largest absolute Gasteiger partial charge is 0.480 e. The van der Waals surface area contributed by atoms with Crippen LogP contribution in [0.3, 0.4) is 0 Å². The standard InChI is InChI=1S/C15H24N4O3S/c1-4-12-9(3)23-15(17-12)18-14(22)16-10-6-11(7-10)19(5-2)8-13(20)21/h10-11H,4-8H2,1-3H3,(H,20,21)(H2,16,17,18,22). The molecule has 0 unspecified atom stereocenters. The zero-order valence-electron chi connectivity index (χ0n) is 13.8. The quantitative estimate of drug-likeness (QED) is 0.706. The summed E-state index contributed by atoms with van der Waals surface area (Å²) in [5.41, 5.74) is 1.02. The van der Waals surface area contributed by atoms with Gasteiger partial charge in [0.25, 0.3) is 0 Å². The number of hydrogen-bond donors (Lipinski definition) is 3. The van der Waals surface area contributed by atoms with Crippen molar-refractivity contribution in [3.8, 4) is 0 Å². The summed E-state index contributed by atoms with van der Waals surface area (Å²) in [6, 6.07) is 0.0795. The molecule has 2 amide bonds. The second kappa shape index (κ2) is 7.74. The van der Waals surface area contributed by atoms with Crippen LogP contribution in [0.1, 0.15) is 37.3 Å². The molecule has 7 nitrogen and oxygen atoms in total. The highest BCUT2D eigenvalue weighted by Gasteiger charge is 2.34. The minimum Gasteiger partial charge on any atom is -0.480 e. The van der Waals surface area contributed by atoms with E-state index in [-0.39, 0.29) is 24.7 Å². The van der Waals surface area contributed by atoms with Crippen LogP contribution in [0.25, 0.3) is 0 Å². The second-order valence-electron chi connectivity index (χ2n) is 5.75. The van der Waals surface area contributed by atoms with Gasteiger partial charge in [-0.05, 0) is 32.7 Å². The minimum absolute atomic E-state index is 0.0538. The summed E-state index contributed by atoms with van der Waals surface area (Å²) in [4.78, 5) is 30.2. The van der Waals surface area contributed by atoms with Gasteiger partial charge in [0.1, 0.15) is 0 Å². The van der Waals surface area contributed by atoms with Crippen LogP contribution in [-0.2, 0) is 11.2 Å². The summed E-state index contributed by atoms with van der Waals surface area (Å²) in [6.07, 6.45) is 2.42. The molecule has 1 saturated carbocycles. The Labute approximate surface area is 140 Å². The number of thiazole rings is 1. The number of carboxylic acid groups (broad SMARTS) is 1. The number of aliphatic carboxylic acids is 1. The fraction of sp³-hybridized carbons (Fsp3) is 0.667. The third kappa shape index (κ3) is 4.65. The number of hydrogen-bond acceptors (Lipinski definition) is 5. The van der Waals surface area contributed by atoms with Crippen LogP contribution in [0.2, 0.25) is 0 Å². The lowest BCUT2D eigenvalue weighted by Crippen LogP contribution is -2.55. The number of anilines is 1. The molecule has 0 spiro atoms. The van der Waals surface area contributed by atoms with Crippen LogP contribution in [0.5, 0.6) is 0 Å². The first kappa shape index (κ1) is 17.7. The molecule has 8 heteroatoms. The molecule has 3 N–H and O–H groups in total. The number of likely N-dealkylation sites (N-methyl/N-ethyl adjacent to an activating group) is 1. The highest BCUT2D eigenvalue weighted by atomic mass is 32.1. The highest BCUT2D eigenvalue weighted by molar-refractivity contribution is 7.15. The van der Waals surface area contributed by atoms with Crippen molar-refractivity contribution in [3.05, 3.63) is 10.6 Å². The first-order valence-electron chi connectivity index (χ1n) is 7.92. The van der Waals surface area contributed by atoms with Crippen molar-refractivity contribution < 1.29 is 14.7 Å². The monoisotopic (exact) mass is 340 g/mol. The Morgan fingerprint density at radius 2 is 2.09 bits per heavy atom. The topological polar surface area (TPSA) is 94.6 Å². The number of nitrogens with one attached hydrogen (secondary N) is 2. The minimum atomic E-state index is -0.813. The number of nitrogens with zero attached hydrogens (tertiary/aromatic N) is 2. The Hall–Kier alpha value is -1.67. The summed E-state index contributed by atoms with van der Waals surface area (Å²) in [7, 11) is 0. The number of aromatic nitrogens is 1. The van der Waals surface area contributed by atoms with Gasteiger partial charge in [0.2, 0.25) is 0 Å². The Morgan fingerprint density at radius 3 is 2.61 bits per heavy atom. The molecule has 1 aromatic rings. The van der Waals surface area contributed by atoms with Crippen LogP contribution in [0, 0.1) is 6.92 Å². The van der Waals surface area contributed by atoms with Crippen molar-refractivity contribution in [3.63, 3.8) is 0 Å². The number of urea groups is 1. The van der Waals surface area contributed by atoms with E-state index in [2.05, 4.69) is 15.6 Å². The van der Waals surface area contributed by atoms with Crippen molar-refractivity contribution in [2.75, 3.05) is 18.4 Å². The number of amides is 2. The number of carbonyl (C=O) groups excluding carboxylic acids is 1. The summed E-state index contributed by atoms with van der Waals surface area (Å²) in [6.45, 7) is 6.74. The molecular formula is C15H24N4O3S. The molecule has 1 fully saturated rings. The predicted molar refractivity (Wildman–Crippen MR) is 90.1 cm³/mol. The normalized spacial score (nSPS) is 20.2. The first-order valence-corrected chi connectivity index (χ1v) is 8.74. The average Bonchev–Trinajstić information content (AvgIpc) is 2.79. The van der Waals surface area contributed by atoms with E-state index in [9.17, 15) is 9.59 Å². The lowest BCUT2D eigenvalue weighted by molar-refractivity contribution is -0.139. The van der Waals surface area contributed by atoms with Gasteiger partial charge in [0.15, 0.2) is 5.13 Å². The number of carboxylic acids is 1. The second-order valence-corrected chi connectivity index (χ2v) is 6.96. The average molecular weight is 340 g/mol. The summed E-state index contributed by atoms with van der Waals surface area (Å²) in [5.74, 6) is -0.813. The van der Waals surface area contributed by atoms with Crippen LogP contribution in [0.4, 0.5) is 9.93 Å². The maximum Gasteiger partial charge on any atom is 0.321 e. The van der Waals surface area contributed by atoms with Gasteiger partial charge >= 0.3 is 12.0 Å². The number of carbonyl (C=O) groups is 2. The SMILES string of the molecule is CCc1nc(NC(=O)NC2CC(N(CC)CC(=O)O)C2)sc1C. The van der Waals surface area contributed by atoms with E-state index in [4.69, 9.17) is 5.11 Å². The van der Waals surface area contributed by atoms with Gasteiger partial charge < -0.3 is 10.4 Å². The van der Waals surface area contributed by atoms with Gasteiger partial charge in [0, 0.05) is 17.0 Å². The predicted octanol–water partition coefficient (Wildman–Crippen LogP) is 2.07. The lowest BCUT2D eigenvalue weighted by Gasteiger charge is -2.42. The van der Waals surface area contributed by atoms with Gasteiger partial charge in [-0.2, -0.15) is 0 Å². The van der Waals surface area contributed by atoms with E-state index in [1.54, 1.807) is 0 Å². The molecule has 23 heavy (non-hydrogen) atoms. The molecule has 1 aliphatic rings. The Balaban J connectivity index is 1.76. The molecule has 1 aliphatic carbocycles. The molecular weight excluding hydrogens is 316 g/mol. The van der Waals surface area contributed by atoms with Gasteiger partial charge in [0.05, 0.1) is 12.2 Å². The van der Waals surface area contributed by atoms with Gasteiger partial charge in [-0.15, -0.1) is 11.3 Å². The van der Waals surface area contributed by atoms with E-state index in [0.29, 0.717) is 11.7 Å². The molecule has 1 heterocycles. The Morgan fingerprint density at radius 1 is 1.39 bits per heavy atom. The molecule has 128 valence electrons. The zero-order chi connectivity index (χ0) is 17.0. The zero-order valence-corrected chi connectivity index (χ0v) is 14.6. The van der Waals surface area contributed by atoms with E-state index in [1.807, 2.05) is 25.7 Å². The van der Waals surface area contributed by atoms with Crippen molar-refractivity contribution >= 4 is 28.5 Å². The summed E-state index contributed by atoms with van der Waals surface area (Å²) in [5, 5.41) is 15.2. The first-order chi connectivity index (χ1) is 10.9. The van der Waals surface area contributed by atoms with Crippen LogP contribution >= 0.6 is 11.3 Å². The smallest absolute Gasteiger partial charge is 0.321 e. The summed E-state index contributed by atoms with van der Waals surface area (Å²) < 4.78 is 0. The molecule has 0 atom stereocenters. The maximum atomic E-state index is 12.0. The van der Waals surface area contributed by atoms with Crippen molar-refractivity contribution in [2.45, 2.75) is 52.1 Å². The third-order valence-electron chi connectivity index (χ3n) is 4.16. The van der Waals surface area contributed by atoms with Gasteiger partial charge in [-0.1, -0.05) is 13.8 Å². The van der Waals surface area contributed by atoms with E-state index in [1.165, 1.54) is 11.3 Å². The number of aryl methyl sites for hydroxylation is 2. The number of rotatable bonds is 7. The van der Waals surface area contributed by atoms with E-state index >= 15 is 0 Å². The molecule has 0 aromatic carbocycles. The highest BCUT2D eigenvalue weighted by Crippen LogP contribution is 2.26. The van der Waals surface area contributed by atoms with Crippen molar-refractivity contribution in [1.29, 1.82) is 0 Å². The summed E-state index contributed by atoms with van der Waals surface area (Å²) >= 11 is 1.48. The molecule has 0 saturated heterocycles. The van der Waals surface area contributed by atoms with Gasteiger partial charge in [-0.3, -0.25) is 15.0 Å². The molecule has 1 aromatic heterocycles. The molecule has 2 rings (SSSR count). The van der Waals surface area contributed by atoms with Crippen molar-refractivity contribution in [1.82, 2.24) is 15.2 Å². The van der Waals surface area contributed by atoms with Crippen LogP contribution in [-0.4, -0.2) is 52.2 Å². The van der Waals surface area contributed by atoms with Crippen LogP contribution < -0.4 is 10.6 Å². The Bertz CT molecular complexity index is 569. The van der Waals surface area contributed by atoms with Crippen molar-refractivity contribution in [2.24, 2.45) is 0 Å². The van der Waals surface area contributed by atoms with E-state index in [0.717, 1.165) is 29.8 Å². The van der Waals surface area contributed by atoms with E-state index < -0.39 is 5.97 Å². The molecule has 0 radical (unpaired) electrons. The maximum absolute atomic E-state index is 12.0. The van der Waals surface area contributed by atoms with Crippen LogP contribution in [0.15, 0.2) is 0 Å². The fourth-order valence-corrected chi connectivity index (χ4v) is 3.70. The lowest BCUT2D eigenvalue weighted by atomic mass is 9.85. The fourth-order valence-electron chi connectivity index (χ4n) is 2.80. The Kier molecular flexibility index (Phi) is 5.95. The third-order valence-corrected chi connectivity index (χ3v) is 5.09. The molecule has 0 aliphatic heterocycles. The van der Waals surface area contributed by atoms with Gasteiger partial charge in [-0.25, -0.2) is 9.78 Å².